The lowest BCUT2D eigenvalue weighted by atomic mass is 10.2. The number of carbonyl (C=O) groups excluding carboxylic acids is 3. The summed E-state index contributed by atoms with van der Waals surface area (Å²) in [4.78, 5) is 43.1. The molecule has 9 heteroatoms. The van der Waals surface area contributed by atoms with Crippen LogP contribution in [0.25, 0.3) is 0 Å². The van der Waals surface area contributed by atoms with Gasteiger partial charge in [-0.1, -0.05) is 0 Å². The zero-order valence-electron chi connectivity index (χ0n) is 9.10. The van der Waals surface area contributed by atoms with Crippen molar-refractivity contribution in [2.24, 2.45) is 11.5 Å². The van der Waals surface area contributed by atoms with Gasteiger partial charge in [-0.3, -0.25) is 9.59 Å². The van der Waals surface area contributed by atoms with Crippen LogP contribution in [0.15, 0.2) is 0 Å². The molecule has 1 unspecified atom stereocenters. The van der Waals surface area contributed by atoms with E-state index in [2.05, 4.69) is 5.32 Å². The predicted molar refractivity (Wildman–Crippen MR) is 55.6 cm³/mol. The van der Waals surface area contributed by atoms with Gasteiger partial charge in [0, 0.05) is 0 Å². The second-order valence-electron chi connectivity index (χ2n) is 3.30. The molecule has 0 aliphatic carbocycles. The van der Waals surface area contributed by atoms with Gasteiger partial charge in [0.05, 0.1) is 6.42 Å². The molecule has 0 saturated heterocycles. The van der Waals surface area contributed by atoms with Gasteiger partial charge in [-0.15, -0.1) is 0 Å². The van der Waals surface area contributed by atoms with E-state index < -0.39 is 42.3 Å². The normalized spacial score (nSPS) is 13.2. The van der Waals surface area contributed by atoms with Gasteiger partial charge in [0.15, 0.2) is 0 Å². The molecular formula is C8H14N4O5. The Bertz CT molecular complexity index is 343. The Morgan fingerprint density at radius 2 is 1.71 bits per heavy atom. The molecule has 9 nitrogen and oxygen atoms in total. The number of amides is 4. The minimum atomic E-state index is -1.43. The fraction of sp³-hybridized carbons (Fsp3) is 0.500. The number of carboxylic acids is 1. The fourth-order valence-corrected chi connectivity index (χ4v) is 0.977. The molecule has 0 spiro atoms. The van der Waals surface area contributed by atoms with Crippen LogP contribution >= 0.6 is 0 Å². The van der Waals surface area contributed by atoms with Crippen LogP contribution in [0.1, 0.15) is 13.3 Å². The quantitative estimate of drug-likeness (QED) is 0.348. The van der Waals surface area contributed by atoms with Crippen LogP contribution in [0.2, 0.25) is 0 Å². The second-order valence-corrected chi connectivity index (χ2v) is 3.30. The van der Waals surface area contributed by atoms with E-state index in [1.165, 1.54) is 6.92 Å². The third-order valence-electron chi connectivity index (χ3n) is 1.77. The Morgan fingerprint density at radius 1 is 1.18 bits per heavy atom. The highest BCUT2D eigenvalue weighted by Crippen LogP contribution is 1.93. The largest absolute Gasteiger partial charge is 0.480 e. The summed E-state index contributed by atoms with van der Waals surface area (Å²) in [6.07, 6.45) is -0.537. The Labute approximate surface area is 96.5 Å². The minimum Gasteiger partial charge on any atom is -0.480 e. The van der Waals surface area contributed by atoms with Crippen molar-refractivity contribution in [3.05, 3.63) is 0 Å². The second kappa shape index (κ2) is 6.30. The third-order valence-corrected chi connectivity index (χ3v) is 1.77. The molecule has 0 heterocycles. The van der Waals surface area contributed by atoms with Gasteiger partial charge in [0.1, 0.15) is 12.1 Å². The zero-order chi connectivity index (χ0) is 13.6. The van der Waals surface area contributed by atoms with Gasteiger partial charge in [-0.2, -0.15) is 0 Å². The molecule has 4 amide bonds. The molecule has 0 aromatic carbocycles. The monoisotopic (exact) mass is 246 g/mol. The molecule has 0 bridgehead atoms. The first kappa shape index (κ1) is 14.7. The minimum absolute atomic E-state index is 0.537. The Morgan fingerprint density at radius 3 is 2.06 bits per heavy atom. The highest BCUT2D eigenvalue weighted by atomic mass is 16.4. The van der Waals surface area contributed by atoms with Crippen molar-refractivity contribution in [2.45, 2.75) is 25.4 Å². The van der Waals surface area contributed by atoms with E-state index in [9.17, 15) is 19.2 Å². The van der Waals surface area contributed by atoms with Crippen LogP contribution in [-0.2, 0) is 14.4 Å². The van der Waals surface area contributed by atoms with E-state index in [1.54, 1.807) is 0 Å². The molecule has 0 aliphatic rings. The van der Waals surface area contributed by atoms with Gasteiger partial charge < -0.3 is 27.2 Å². The Balaban J connectivity index is 4.44. The van der Waals surface area contributed by atoms with Gasteiger partial charge in [0.25, 0.3) is 0 Å². The lowest BCUT2D eigenvalue weighted by molar-refractivity contribution is -0.143. The first-order chi connectivity index (χ1) is 7.73. The number of carbonyl (C=O) groups is 4. The van der Waals surface area contributed by atoms with E-state index in [0.29, 0.717) is 0 Å². The standard InChI is InChI=1S/C8H14N4O5/c1-3(11-8(10)17)6(14)12-4(7(15)16)2-5(9)13/h3-4H,2H2,1H3,(H2,9,13)(H,12,14)(H,15,16)(H3,10,11,17)/t3?,4-/m0/s1. The van der Waals surface area contributed by atoms with Gasteiger partial charge in [-0.05, 0) is 6.92 Å². The zero-order valence-corrected chi connectivity index (χ0v) is 9.10. The van der Waals surface area contributed by atoms with Gasteiger partial charge in [0.2, 0.25) is 11.8 Å². The van der Waals surface area contributed by atoms with E-state index in [1.807, 2.05) is 5.32 Å². The van der Waals surface area contributed by atoms with E-state index in [4.69, 9.17) is 16.6 Å². The Hall–Kier alpha value is -2.32. The summed E-state index contributed by atoms with van der Waals surface area (Å²) in [5.74, 6) is -3.05. The third kappa shape index (κ3) is 5.97. The highest BCUT2D eigenvalue weighted by Gasteiger charge is 2.24. The van der Waals surface area contributed by atoms with Crippen molar-refractivity contribution in [1.29, 1.82) is 0 Å². The van der Waals surface area contributed by atoms with E-state index in [-0.39, 0.29) is 0 Å². The number of primary amides is 2. The SMILES string of the molecule is CC(NC(N)=O)C(=O)N[C@@H](CC(N)=O)C(=O)O. The predicted octanol–water partition coefficient (Wildman–Crippen LogP) is -2.51. The molecule has 0 fully saturated rings. The number of aliphatic carboxylic acids is 1. The number of nitrogens with one attached hydrogen (secondary N) is 2. The lowest BCUT2D eigenvalue weighted by Gasteiger charge is -2.16. The molecule has 2 atom stereocenters. The van der Waals surface area contributed by atoms with Crippen molar-refractivity contribution in [1.82, 2.24) is 10.6 Å². The fourth-order valence-electron chi connectivity index (χ4n) is 0.977. The average Bonchev–Trinajstić information content (AvgIpc) is 2.14. The molecule has 0 radical (unpaired) electrons. The molecule has 7 N–H and O–H groups in total. The Kier molecular flexibility index (Phi) is 5.44. The maximum atomic E-state index is 11.4. The average molecular weight is 246 g/mol. The van der Waals surface area contributed by atoms with Gasteiger partial charge >= 0.3 is 12.0 Å². The summed E-state index contributed by atoms with van der Waals surface area (Å²) in [5, 5.41) is 12.8. The van der Waals surface area contributed by atoms with Crippen molar-refractivity contribution in [2.75, 3.05) is 0 Å². The molecule has 0 rings (SSSR count). The van der Waals surface area contributed by atoms with Crippen molar-refractivity contribution in [3.63, 3.8) is 0 Å². The number of hydrogen-bond acceptors (Lipinski definition) is 4. The first-order valence-electron chi connectivity index (χ1n) is 4.61. The van der Waals surface area contributed by atoms with E-state index in [0.717, 1.165) is 0 Å². The van der Waals surface area contributed by atoms with Crippen LogP contribution in [-0.4, -0.2) is 41.0 Å². The number of carboxylic acid groups (broad SMARTS) is 1. The summed E-state index contributed by atoms with van der Waals surface area (Å²) >= 11 is 0. The summed E-state index contributed by atoms with van der Waals surface area (Å²) in [6.45, 7) is 1.31. The maximum absolute atomic E-state index is 11.4. The van der Waals surface area contributed by atoms with Crippen LogP contribution < -0.4 is 22.1 Å². The van der Waals surface area contributed by atoms with Crippen LogP contribution in [0, 0.1) is 0 Å². The first-order valence-corrected chi connectivity index (χ1v) is 4.61. The summed E-state index contributed by atoms with van der Waals surface area (Å²) in [5.41, 5.74) is 9.60. The van der Waals surface area contributed by atoms with Crippen molar-refractivity contribution >= 4 is 23.8 Å². The molecule has 96 valence electrons. The highest BCUT2D eigenvalue weighted by molar-refractivity contribution is 5.91. The smallest absolute Gasteiger partial charge is 0.326 e. The van der Waals surface area contributed by atoms with Crippen molar-refractivity contribution in [3.8, 4) is 0 Å². The molecular weight excluding hydrogens is 232 g/mol. The molecule has 17 heavy (non-hydrogen) atoms. The lowest BCUT2D eigenvalue weighted by Crippen LogP contribution is -2.52. The molecule has 0 aromatic heterocycles. The number of hydrogen-bond donors (Lipinski definition) is 5. The summed E-state index contributed by atoms with van der Waals surface area (Å²) in [6, 6.07) is -3.37. The number of rotatable bonds is 6. The van der Waals surface area contributed by atoms with Crippen LogP contribution in [0.3, 0.4) is 0 Å². The summed E-state index contributed by atoms with van der Waals surface area (Å²) in [7, 11) is 0. The summed E-state index contributed by atoms with van der Waals surface area (Å²) < 4.78 is 0. The molecule has 0 saturated carbocycles. The van der Waals surface area contributed by atoms with Crippen LogP contribution in [0.5, 0.6) is 0 Å². The van der Waals surface area contributed by atoms with Gasteiger partial charge in [-0.25, -0.2) is 9.59 Å². The molecule has 0 aromatic rings. The van der Waals surface area contributed by atoms with E-state index >= 15 is 0 Å². The number of urea groups is 1. The van der Waals surface area contributed by atoms with Crippen molar-refractivity contribution < 1.29 is 24.3 Å². The topological polar surface area (TPSA) is 165 Å². The number of nitrogens with two attached hydrogens (primary N) is 2. The molecule has 0 aliphatic heterocycles. The maximum Gasteiger partial charge on any atom is 0.326 e. The van der Waals surface area contributed by atoms with Crippen LogP contribution in [0.4, 0.5) is 4.79 Å².